The summed E-state index contributed by atoms with van der Waals surface area (Å²) in [7, 11) is -1.46. The highest BCUT2D eigenvalue weighted by atomic mass is 79.9. The van der Waals surface area contributed by atoms with Crippen molar-refractivity contribution in [3.63, 3.8) is 0 Å². The van der Waals surface area contributed by atoms with Crippen LogP contribution in [0.15, 0.2) is 33.6 Å². The van der Waals surface area contributed by atoms with Crippen LogP contribution in [-0.4, -0.2) is 26.8 Å². The van der Waals surface area contributed by atoms with E-state index >= 15 is 0 Å². The quantitative estimate of drug-likeness (QED) is 0.915. The summed E-state index contributed by atoms with van der Waals surface area (Å²) in [6, 6.07) is 7.05. The van der Waals surface area contributed by atoms with Gasteiger partial charge in [0.1, 0.15) is 0 Å². The Morgan fingerprint density at radius 2 is 1.95 bits per heavy atom. The first kappa shape index (κ1) is 15.0. The van der Waals surface area contributed by atoms with Crippen LogP contribution in [0.25, 0.3) is 0 Å². The van der Waals surface area contributed by atoms with Gasteiger partial charge in [0.25, 0.3) is 0 Å². The molecule has 1 N–H and O–H groups in total. The Kier molecular flexibility index (Phi) is 4.10. The van der Waals surface area contributed by atoms with Gasteiger partial charge in [0.15, 0.2) is 9.84 Å². The molecular formula is C14H20BrNO2S. The van der Waals surface area contributed by atoms with Crippen molar-refractivity contribution in [2.75, 3.05) is 7.05 Å². The second kappa shape index (κ2) is 5.19. The molecule has 106 valence electrons. The van der Waals surface area contributed by atoms with Crippen LogP contribution in [0.4, 0.5) is 0 Å². The summed E-state index contributed by atoms with van der Waals surface area (Å²) in [5.41, 5.74) is 0.00768. The maximum absolute atomic E-state index is 12.8. The molecule has 1 aromatic carbocycles. The third kappa shape index (κ3) is 2.60. The molecule has 1 fully saturated rings. The zero-order valence-corrected chi connectivity index (χ0v) is 13.9. The molecule has 2 rings (SSSR count). The molecule has 0 bridgehead atoms. The molecule has 0 spiro atoms. The van der Waals surface area contributed by atoms with E-state index in [0.29, 0.717) is 15.8 Å². The zero-order valence-electron chi connectivity index (χ0n) is 11.5. The molecule has 0 radical (unpaired) electrons. The van der Waals surface area contributed by atoms with Crippen LogP contribution < -0.4 is 5.32 Å². The number of halogens is 1. The highest BCUT2D eigenvalue weighted by Crippen LogP contribution is 2.43. The van der Waals surface area contributed by atoms with E-state index in [4.69, 9.17) is 0 Å². The number of nitrogens with one attached hydrogen (secondary N) is 1. The van der Waals surface area contributed by atoms with E-state index in [1.165, 1.54) is 0 Å². The first-order valence-electron chi connectivity index (χ1n) is 6.46. The van der Waals surface area contributed by atoms with Crippen molar-refractivity contribution in [3.8, 4) is 0 Å². The SMILES string of the molecule is CNC1C(S(=O)(=O)c2ccccc2Br)CCC1(C)C. The average molecular weight is 346 g/mol. The summed E-state index contributed by atoms with van der Waals surface area (Å²) < 4.78 is 26.3. The topological polar surface area (TPSA) is 46.2 Å². The van der Waals surface area contributed by atoms with Crippen LogP contribution in [0.5, 0.6) is 0 Å². The Morgan fingerprint density at radius 3 is 2.53 bits per heavy atom. The molecule has 1 aliphatic rings. The lowest BCUT2D eigenvalue weighted by Gasteiger charge is -2.30. The second-order valence-corrected chi connectivity index (χ2v) is 8.80. The summed E-state index contributed by atoms with van der Waals surface area (Å²) in [5.74, 6) is 0. The lowest BCUT2D eigenvalue weighted by atomic mass is 9.87. The predicted octanol–water partition coefficient (Wildman–Crippen LogP) is 3.00. The molecule has 1 aromatic rings. The maximum atomic E-state index is 12.8. The van der Waals surface area contributed by atoms with Crippen LogP contribution in [-0.2, 0) is 9.84 Å². The highest BCUT2D eigenvalue weighted by Gasteiger charge is 2.47. The van der Waals surface area contributed by atoms with Gasteiger partial charge >= 0.3 is 0 Å². The lowest BCUT2D eigenvalue weighted by Crippen LogP contribution is -2.45. The van der Waals surface area contributed by atoms with Crippen LogP contribution in [0.1, 0.15) is 26.7 Å². The summed E-state index contributed by atoms with van der Waals surface area (Å²) >= 11 is 3.35. The molecule has 0 heterocycles. The minimum atomic E-state index is -3.31. The number of benzene rings is 1. The van der Waals surface area contributed by atoms with Gasteiger partial charge in [-0.2, -0.15) is 0 Å². The molecule has 2 atom stereocenters. The normalized spacial score (nSPS) is 26.5. The summed E-state index contributed by atoms with van der Waals surface area (Å²) in [5, 5.41) is 2.85. The third-order valence-corrected chi connectivity index (χ3v) is 7.37. The van der Waals surface area contributed by atoms with Crippen LogP contribution >= 0.6 is 15.9 Å². The van der Waals surface area contributed by atoms with E-state index in [9.17, 15) is 8.42 Å². The Labute approximate surface area is 123 Å². The van der Waals surface area contributed by atoms with E-state index in [1.54, 1.807) is 18.2 Å². The van der Waals surface area contributed by atoms with Crippen LogP contribution in [0.3, 0.4) is 0 Å². The third-order valence-electron chi connectivity index (χ3n) is 4.14. The first-order chi connectivity index (χ1) is 8.80. The minimum absolute atomic E-state index is 0.00768. The van der Waals surface area contributed by atoms with Crippen molar-refractivity contribution < 1.29 is 8.42 Å². The van der Waals surface area contributed by atoms with E-state index in [2.05, 4.69) is 35.1 Å². The van der Waals surface area contributed by atoms with Crippen molar-refractivity contribution in [1.82, 2.24) is 5.32 Å². The molecule has 0 amide bonds. The van der Waals surface area contributed by atoms with E-state index in [1.807, 2.05) is 13.1 Å². The van der Waals surface area contributed by atoms with Crippen molar-refractivity contribution in [2.45, 2.75) is 42.9 Å². The van der Waals surface area contributed by atoms with Crippen LogP contribution in [0.2, 0.25) is 0 Å². The molecule has 0 aliphatic heterocycles. The van der Waals surface area contributed by atoms with E-state index in [-0.39, 0.29) is 16.7 Å². The molecule has 5 heteroatoms. The highest BCUT2D eigenvalue weighted by molar-refractivity contribution is 9.10. The molecule has 1 aliphatic carbocycles. The van der Waals surface area contributed by atoms with Gasteiger partial charge in [-0.1, -0.05) is 26.0 Å². The summed E-state index contributed by atoms with van der Waals surface area (Å²) in [4.78, 5) is 0.401. The minimum Gasteiger partial charge on any atom is -0.315 e. The fourth-order valence-corrected chi connectivity index (χ4v) is 6.28. The fraction of sp³-hybridized carbons (Fsp3) is 0.571. The largest absolute Gasteiger partial charge is 0.315 e. The Morgan fingerprint density at radius 1 is 1.32 bits per heavy atom. The predicted molar refractivity (Wildman–Crippen MR) is 81.0 cm³/mol. The number of hydrogen-bond donors (Lipinski definition) is 1. The zero-order chi connectivity index (χ0) is 14.3. The number of sulfone groups is 1. The van der Waals surface area contributed by atoms with E-state index in [0.717, 1.165) is 6.42 Å². The van der Waals surface area contributed by atoms with Crippen LogP contribution in [0, 0.1) is 5.41 Å². The van der Waals surface area contributed by atoms with Gasteiger partial charge < -0.3 is 5.32 Å². The number of hydrogen-bond acceptors (Lipinski definition) is 3. The Bertz CT molecular complexity index is 569. The average Bonchev–Trinajstić information content (AvgIpc) is 2.65. The van der Waals surface area contributed by atoms with Gasteiger partial charge in [0.2, 0.25) is 0 Å². The smallest absolute Gasteiger partial charge is 0.183 e. The van der Waals surface area contributed by atoms with Gasteiger partial charge in [-0.05, 0) is 53.4 Å². The molecule has 0 saturated heterocycles. The van der Waals surface area contributed by atoms with Gasteiger partial charge in [-0.3, -0.25) is 0 Å². The maximum Gasteiger partial charge on any atom is 0.183 e. The standard InChI is InChI=1S/C14H20BrNO2S/c1-14(2)9-8-12(13(14)16-3)19(17,18)11-7-5-4-6-10(11)15/h4-7,12-13,16H,8-9H2,1-3H3. The van der Waals surface area contributed by atoms with Gasteiger partial charge in [0.05, 0.1) is 10.1 Å². The molecule has 0 aromatic heterocycles. The van der Waals surface area contributed by atoms with E-state index < -0.39 is 9.84 Å². The molecule has 3 nitrogen and oxygen atoms in total. The fourth-order valence-electron chi connectivity index (χ4n) is 3.09. The molecule has 19 heavy (non-hydrogen) atoms. The van der Waals surface area contributed by atoms with Gasteiger partial charge in [0, 0.05) is 10.5 Å². The lowest BCUT2D eigenvalue weighted by molar-refractivity contribution is 0.297. The van der Waals surface area contributed by atoms with Crippen molar-refractivity contribution in [3.05, 3.63) is 28.7 Å². The molecule has 1 saturated carbocycles. The Balaban J connectivity index is 2.44. The first-order valence-corrected chi connectivity index (χ1v) is 8.80. The number of rotatable bonds is 3. The second-order valence-electron chi connectivity index (χ2n) is 5.81. The molecular weight excluding hydrogens is 326 g/mol. The van der Waals surface area contributed by atoms with Crippen molar-refractivity contribution >= 4 is 25.8 Å². The Hall–Kier alpha value is -0.390. The van der Waals surface area contributed by atoms with Crippen molar-refractivity contribution in [1.29, 1.82) is 0 Å². The summed E-state index contributed by atoms with van der Waals surface area (Å²) in [6.45, 7) is 4.26. The summed E-state index contributed by atoms with van der Waals surface area (Å²) in [6.07, 6.45) is 1.63. The van der Waals surface area contributed by atoms with Gasteiger partial charge in [-0.15, -0.1) is 0 Å². The van der Waals surface area contributed by atoms with Crippen molar-refractivity contribution in [2.24, 2.45) is 5.41 Å². The molecule has 2 unspecified atom stereocenters. The van der Waals surface area contributed by atoms with Gasteiger partial charge in [-0.25, -0.2) is 8.42 Å². The monoisotopic (exact) mass is 345 g/mol.